The van der Waals surface area contributed by atoms with Crippen molar-refractivity contribution in [2.45, 2.75) is 76.4 Å². The molecule has 1 saturated heterocycles. The fraction of sp³-hybridized carbons (Fsp3) is 1.00. The molecular weight excluding hydrogens is 198 g/mol. The number of likely N-dealkylation sites (tertiary alicyclic amines) is 1. The van der Waals surface area contributed by atoms with Gasteiger partial charge in [-0.15, -0.1) is 0 Å². The molecule has 1 N–H and O–H groups in total. The van der Waals surface area contributed by atoms with Crippen LogP contribution in [-0.4, -0.2) is 34.7 Å². The van der Waals surface area contributed by atoms with E-state index in [0.29, 0.717) is 6.04 Å². The van der Waals surface area contributed by atoms with Crippen molar-refractivity contribution in [2.75, 3.05) is 13.1 Å². The first-order valence-electron chi connectivity index (χ1n) is 7.20. The lowest BCUT2D eigenvalue weighted by Gasteiger charge is -2.43. The summed E-state index contributed by atoms with van der Waals surface area (Å²) in [5.41, 5.74) is -0.338. The average molecular weight is 225 g/mol. The molecule has 2 rings (SSSR count). The van der Waals surface area contributed by atoms with Gasteiger partial charge in [0.25, 0.3) is 0 Å². The Balaban J connectivity index is 1.90. The van der Waals surface area contributed by atoms with Crippen molar-refractivity contribution in [1.82, 2.24) is 4.90 Å². The molecule has 0 aromatic carbocycles. The quantitative estimate of drug-likeness (QED) is 0.798. The van der Waals surface area contributed by atoms with Gasteiger partial charge in [-0.25, -0.2) is 0 Å². The maximum absolute atomic E-state index is 10.5. The fourth-order valence-corrected chi connectivity index (χ4v) is 3.60. The molecule has 0 aromatic heterocycles. The zero-order chi connectivity index (χ0) is 11.4. The zero-order valence-electron chi connectivity index (χ0n) is 10.7. The van der Waals surface area contributed by atoms with Crippen molar-refractivity contribution in [3.63, 3.8) is 0 Å². The Morgan fingerprint density at radius 3 is 2.62 bits per heavy atom. The Kier molecular flexibility index (Phi) is 4.26. The molecule has 16 heavy (non-hydrogen) atoms. The summed E-state index contributed by atoms with van der Waals surface area (Å²) in [5, 5.41) is 10.5. The molecule has 2 nitrogen and oxygen atoms in total. The Morgan fingerprint density at radius 2 is 1.94 bits per heavy atom. The molecule has 2 atom stereocenters. The summed E-state index contributed by atoms with van der Waals surface area (Å²) in [6, 6.07) is 0.672. The normalized spacial score (nSPS) is 37.5. The van der Waals surface area contributed by atoms with E-state index < -0.39 is 0 Å². The molecule has 2 aliphatic rings. The van der Waals surface area contributed by atoms with Crippen LogP contribution < -0.4 is 0 Å². The van der Waals surface area contributed by atoms with Gasteiger partial charge in [-0.2, -0.15) is 0 Å². The summed E-state index contributed by atoms with van der Waals surface area (Å²) in [5.74, 6) is 0. The van der Waals surface area contributed by atoms with Crippen LogP contribution >= 0.6 is 0 Å². The van der Waals surface area contributed by atoms with Gasteiger partial charge in [-0.05, 0) is 58.0 Å². The lowest BCUT2D eigenvalue weighted by molar-refractivity contribution is -0.0402. The highest BCUT2D eigenvalue weighted by Crippen LogP contribution is 2.35. The molecule has 0 amide bonds. The van der Waals surface area contributed by atoms with E-state index in [0.717, 1.165) is 25.7 Å². The Hall–Kier alpha value is -0.0800. The van der Waals surface area contributed by atoms with Crippen LogP contribution in [-0.2, 0) is 0 Å². The Bertz CT molecular complexity index is 209. The fourth-order valence-electron chi connectivity index (χ4n) is 3.60. The third-order valence-electron chi connectivity index (χ3n) is 4.42. The van der Waals surface area contributed by atoms with E-state index in [-0.39, 0.29) is 5.60 Å². The van der Waals surface area contributed by atoms with E-state index in [9.17, 15) is 5.11 Å². The average Bonchev–Trinajstić information content (AvgIpc) is 2.30. The van der Waals surface area contributed by atoms with Crippen LogP contribution in [0.25, 0.3) is 0 Å². The molecule has 0 spiro atoms. The van der Waals surface area contributed by atoms with Crippen molar-refractivity contribution < 1.29 is 5.11 Å². The molecule has 1 aliphatic carbocycles. The second-order valence-electron chi connectivity index (χ2n) is 5.82. The van der Waals surface area contributed by atoms with Crippen LogP contribution in [0.2, 0.25) is 0 Å². The monoisotopic (exact) mass is 225 g/mol. The SMILES string of the molecule is CCC[C@@]1(O)CCC[C@H](N2CCCCC2)C1. The lowest BCUT2D eigenvalue weighted by atomic mass is 9.78. The number of hydrogen-bond donors (Lipinski definition) is 1. The summed E-state index contributed by atoms with van der Waals surface area (Å²) in [6.45, 7) is 4.72. The highest BCUT2D eigenvalue weighted by molar-refractivity contribution is 4.90. The molecule has 1 aliphatic heterocycles. The number of aliphatic hydroxyl groups is 1. The standard InChI is InChI=1S/C14H27NO/c1-2-8-14(16)9-6-7-13(12-14)15-10-4-3-5-11-15/h13,16H,2-12H2,1H3/t13-,14+/m0/s1. The highest BCUT2D eigenvalue weighted by Gasteiger charge is 2.35. The van der Waals surface area contributed by atoms with Gasteiger partial charge < -0.3 is 10.0 Å². The maximum atomic E-state index is 10.5. The van der Waals surface area contributed by atoms with Gasteiger partial charge in [-0.3, -0.25) is 0 Å². The number of nitrogens with zero attached hydrogens (tertiary/aromatic N) is 1. The van der Waals surface area contributed by atoms with Gasteiger partial charge in [-0.1, -0.05) is 19.8 Å². The van der Waals surface area contributed by atoms with Crippen LogP contribution in [0.3, 0.4) is 0 Å². The molecule has 0 radical (unpaired) electrons. The predicted molar refractivity (Wildman–Crippen MR) is 67.5 cm³/mol. The van der Waals surface area contributed by atoms with Gasteiger partial charge >= 0.3 is 0 Å². The van der Waals surface area contributed by atoms with E-state index in [1.807, 2.05) is 0 Å². The first-order valence-corrected chi connectivity index (χ1v) is 7.20. The van der Waals surface area contributed by atoms with Crippen molar-refractivity contribution in [3.05, 3.63) is 0 Å². The summed E-state index contributed by atoms with van der Waals surface area (Å²) in [7, 11) is 0. The van der Waals surface area contributed by atoms with Gasteiger partial charge in [0.15, 0.2) is 0 Å². The van der Waals surface area contributed by atoms with Crippen molar-refractivity contribution in [1.29, 1.82) is 0 Å². The first kappa shape index (κ1) is 12.4. The predicted octanol–water partition coefficient (Wildman–Crippen LogP) is 2.95. The molecule has 94 valence electrons. The molecule has 1 saturated carbocycles. The van der Waals surface area contributed by atoms with Crippen LogP contribution in [0.15, 0.2) is 0 Å². The third-order valence-corrected chi connectivity index (χ3v) is 4.42. The van der Waals surface area contributed by atoms with E-state index in [1.165, 1.54) is 45.2 Å². The minimum atomic E-state index is -0.338. The topological polar surface area (TPSA) is 23.5 Å². The van der Waals surface area contributed by atoms with Crippen LogP contribution in [0.4, 0.5) is 0 Å². The number of hydrogen-bond acceptors (Lipinski definition) is 2. The molecular formula is C14H27NO. The summed E-state index contributed by atoms with van der Waals surface area (Å²) in [6.07, 6.45) is 10.8. The third kappa shape index (κ3) is 2.98. The molecule has 0 aromatic rings. The summed E-state index contributed by atoms with van der Waals surface area (Å²) >= 11 is 0. The number of piperidine rings is 1. The van der Waals surface area contributed by atoms with Crippen LogP contribution in [0.1, 0.15) is 64.7 Å². The van der Waals surface area contributed by atoms with Gasteiger partial charge in [0, 0.05) is 6.04 Å². The molecule has 0 unspecified atom stereocenters. The van der Waals surface area contributed by atoms with Gasteiger partial charge in [0.05, 0.1) is 5.60 Å². The highest BCUT2D eigenvalue weighted by atomic mass is 16.3. The van der Waals surface area contributed by atoms with Gasteiger partial charge in [0.2, 0.25) is 0 Å². The van der Waals surface area contributed by atoms with Crippen molar-refractivity contribution in [3.8, 4) is 0 Å². The zero-order valence-corrected chi connectivity index (χ0v) is 10.7. The smallest absolute Gasteiger partial charge is 0.0662 e. The minimum absolute atomic E-state index is 0.338. The Labute approximate surface area is 100 Å². The Morgan fingerprint density at radius 1 is 1.19 bits per heavy atom. The lowest BCUT2D eigenvalue weighted by Crippen LogP contribution is -2.47. The molecule has 2 fully saturated rings. The van der Waals surface area contributed by atoms with Crippen LogP contribution in [0.5, 0.6) is 0 Å². The second kappa shape index (κ2) is 5.50. The van der Waals surface area contributed by atoms with E-state index in [1.54, 1.807) is 0 Å². The summed E-state index contributed by atoms with van der Waals surface area (Å²) in [4.78, 5) is 2.64. The second-order valence-corrected chi connectivity index (χ2v) is 5.82. The maximum Gasteiger partial charge on any atom is 0.0662 e. The van der Waals surface area contributed by atoms with Crippen molar-refractivity contribution >= 4 is 0 Å². The van der Waals surface area contributed by atoms with E-state index in [4.69, 9.17) is 0 Å². The summed E-state index contributed by atoms with van der Waals surface area (Å²) < 4.78 is 0. The van der Waals surface area contributed by atoms with Crippen molar-refractivity contribution in [2.24, 2.45) is 0 Å². The minimum Gasteiger partial charge on any atom is -0.390 e. The molecule has 2 heteroatoms. The molecule has 0 bridgehead atoms. The van der Waals surface area contributed by atoms with Gasteiger partial charge in [0.1, 0.15) is 0 Å². The first-order chi connectivity index (χ1) is 7.73. The number of rotatable bonds is 3. The van der Waals surface area contributed by atoms with E-state index in [2.05, 4.69) is 11.8 Å². The van der Waals surface area contributed by atoms with Crippen LogP contribution in [0, 0.1) is 0 Å². The molecule has 1 heterocycles. The largest absolute Gasteiger partial charge is 0.390 e. The van der Waals surface area contributed by atoms with E-state index >= 15 is 0 Å².